The maximum absolute atomic E-state index is 13.4. The molecule has 5 rings (SSSR count). The SMILES string of the molecule is Cc1cccc(N2C(=O)/C(=C/c3c(OCc4ccc(Cl)cc4)ccc4ccccc34)SC2=S)c1. The molecule has 0 aliphatic carbocycles. The van der Waals surface area contributed by atoms with E-state index in [0.29, 0.717) is 26.6 Å². The summed E-state index contributed by atoms with van der Waals surface area (Å²) < 4.78 is 6.74. The topological polar surface area (TPSA) is 29.5 Å². The first kappa shape index (κ1) is 22.7. The van der Waals surface area contributed by atoms with Crippen molar-refractivity contribution in [2.45, 2.75) is 13.5 Å². The van der Waals surface area contributed by atoms with E-state index in [1.165, 1.54) is 11.8 Å². The van der Waals surface area contributed by atoms with E-state index in [1.807, 2.05) is 97.9 Å². The lowest BCUT2D eigenvalue weighted by Crippen LogP contribution is -2.27. The van der Waals surface area contributed by atoms with Gasteiger partial charge >= 0.3 is 0 Å². The number of ether oxygens (including phenoxy) is 1. The normalized spacial score (nSPS) is 14.9. The molecule has 0 saturated carbocycles. The molecule has 0 bridgehead atoms. The van der Waals surface area contributed by atoms with Crippen LogP contribution < -0.4 is 9.64 Å². The molecule has 0 aromatic heterocycles. The fourth-order valence-corrected chi connectivity index (χ4v) is 5.29. The van der Waals surface area contributed by atoms with Gasteiger partial charge in [0, 0.05) is 10.6 Å². The highest BCUT2D eigenvalue weighted by atomic mass is 35.5. The Morgan fingerprint density at radius 3 is 2.59 bits per heavy atom. The van der Waals surface area contributed by atoms with Crippen molar-refractivity contribution in [2.24, 2.45) is 0 Å². The third-order valence-electron chi connectivity index (χ3n) is 5.57. The first-order chi connectivity index (χ1) is 16.5. The molecule has 4 aromatic carbocycles. The van der Waals surface area contributed by atoms with E-state index in [2.05, 4.69) is 0 Å². The average molecular weight is 502 g/mol. The van der Waals surface area contributed by atoms with Crippen molar-refractivity contribution in [2.75, 3.05) is 4.90 Å². The highest BCUT2D eigenvalue weighted by Gasteiger charge is 2.33. The average Bonchev–Trinajstić information content (AvgIpc) is 3.12. The Balaban J connectivity index is 1.53. The van der Waals surface area contributed by atoms with E-state index in [1.54, 1.807) is 4.90 Å². The highest BCUT2D eigenvalue weighted by Crippen LogP contribution is 2.39. The molecule has 1 aliphatic heterocycles. The van der Waals surface area contributed by atoms with Crippen molar-refractivity contribution < 1.29 is 9.53 Å². The highest BCUT2D eigenvalue weighted by molar-refractivity contribution is 8.27. The van der Waals surface area contributed by atoms with Gasteiger partial charge in [0.1, 0.15) is 12.4 Å². The van der Waals surface area contributed by atoms with E-state index >= 15 is 0 Å². The number of nitrogens with zero attached hydrogens (tertiary/aromatic N) is 1. The predicted molar refractivity (Wildman–Crippen MR) is 147 cm³/mol. The van der Waals surface area contributed by atoms with Crippen LogP contribution >= 0.6 is 35.6 Å². The third kappa shape index (κ3) is 4.60. The van der Waals surface area contributed by atoms with Crippen LogP contribution in [-0.4, -0.2) is 10.2 Å². The minimum absolute atomic E-state index is 0.128. The molecule has 4 aromatic rings. The number of hydrogen-bond donors (Lipinski definition) is 0. The first-order valence-corrected chi connectivity index (χ1v) is 12.3. The number of fused-ring (bicyclic) bond motifs is 1. The van der Waals surface area contributed by atoms with Crippen LogP contribution in [0.15, 0.2) is 89.8 Å². The summed E-state index contributed by atoms with van der Waals surface area (Å²) in [5.74, 6) is 0.576. The van der Waals surface area contributed by atoms with Gasteiger partial charge in [-0.15, -0.1) is 0 Å². The van der Waals surface area contributed by atoms with Gasteiger partial charge in [0.2, 0.25) is 0 Å². The minimum atomic E-state index is -0.128. The molecule has 0 spiro atoms. The summed E-state index contributed by atoms with van der Waals surface area (Å²) in [6.07, 6.45) is 1.90. The van der Waals surface area contributed by atoms with E-state index in [0.717, 1.165) is 33.2 Å². The van der Waals surface area contributed by atoms with E-state index in [4.69, 9.17) is 28.6 Å². The van der Waals surface area contributed by atoms with Gasteiger partial charge in [-0.25, -0.2) is 0 Å². The minimum Gasteiger partial charge on any atom is -0.488 e. The van der Waals surface area contributed by atoms with Crippen LogP contribution in [0.3, 0.4) is 0 Å². The molecule has 0 N–H and O–H groups in total. The number of thiocarbonyl (C=S) groups is 1. The zero-order chi connectivity index (χ0) is 23.7. The number of amides is 1. The summed E-state index contributed by atoms with van der Waals surface area (Å²) >= 11 is 12.9. The summed E-state index contributed by atoms with van der Waals surface area (Å²) in [4.78, 5) is 15.6. The summed E-state index contributed by atoms with van der Waals surface area (Å²) in [7, 11) is 0. The Kier molecular flexibility index (Phi) is 6.42. The second-order valence-corrected chi connectivity index (χ2v) is 10.1. The van der Waals surface area contributed by atoms with Gasteiger partial charge in [-0.3, -0.25) is 9.69 Å². The molecule has 1 amide bonds. The molecule has 168 valence electrons. The second-order valence-electron chi connectivity index (χ2n) is 7.97. The second kappa shape index (κ2) is 9.63. The van der Waals surface area contributed by atoms with Crippen molar-refractivity contribution in [3.05, 3.63) is 112 Å². The largest absolute Gasteiger partial charge is 0.488 e. The maximum atomic E-state index is 13.4. The van der Waals surface area contributed by atoms with Crippen LogP contribution in [0.4, 0.5) is 5.69 Å². The maximum Gasteiger partial charge on any atom is 0.270 e. The van der Waals surface area contributed by atoms with Crippen molar-refractivity contribution in [3.8, 4) is 5.75 Å². The number of aryl methyl sites for hydroxylation is 1. The summed E-state index contributed by atoms with van der Waals surface area (Å²) in [5, 5.41) is 2.77. The summed E-state index contributed by atoms with van der Waals surface area (Å²) in [6.45, 7) is 2.39. The fourth-order valence-electron chi connectivity index (χ4n) is 3.88. The lowest BCUT2D eigenvalue weighted by molar-refractivity contribution is -0.113. The Morgan fingerprint density at radius 1 is 1.00 bits per heavy atom. The van der Waals surface area contributed by atoms with Crippen LogP contribution in [0.5, 0.6) is 5.75 Å². The molecule has 1 fully saturated rings. The number of thioether (sulfide) groups is 1. The molecule has 0 unspecified atom stereocenters. The first-order valence-electron chi connectivity index (χ1n) is 10.7. The van der Waals surface area contributed by atoms with Crippen molar-refractivity contribution in [3.63, 3.8) is 0 Å². The van der Waals surface area contributed by atoms with Gasteiger partial charge in [0.25, 0.3) is 5.91 Å². The Labute approximate surface area is 213 Å². The van der Waals surface area contributed by atoms with Gasteiger partial charge in [0.05, 0.1) is 10.6 Å². The van der Waals surface area contributed by atoms with Gasteiger partial charge in [-0.05, 0) is 65.2 Å². The quantitative estimate of drug-likeness (QED) is 0.206. The molecule has 1 aliphatic rings. The van der Waals surface area contributed by atoms with Crippen LogP contribution in [0, 0.1) is 6.92 Å². The summed E-state index contributed by atoms with van der Waals surface area (Å²) in [6, 6.07) is 27.4. The molecule has 6 heteroatoms. The molecular weight excluding hydrogens is 482 g/mol. The van der Waals surface area contributed by atoms with Crippen LogP contribution in [0.1, 0.15) is 16.7 Å². The molecule has 0 atom stereocenters. The molecular formula is C28H20ClNO2S2. The Bertz CT molecular complexity index is 1450. The molecule has 1 heterocycles. The predicted octanol–water partition coefficient (Wildman–Crippen LogP) is 7.79. The van der Waals surface area contributed by atoms with Crippen LogP contribution in [0.2, 0.25) is 5.02 Å². The van der Waals surface area contributed by atoms with E-state index in [9.17, 15) is 4.79 Å². The summed E-state index contributed by atoms with van der Waals surface area (Å²) in [5.41, 5.74) is 3.72. The van der Waals surface area contributed by atoms with Crippen LogP contribution in [0.25, 0.3) is 16.8 Å². The van der Waals surface area contributed by atoms with E-state index in [-0.39, 0.29) is 5.91 Å². The zero-order valence-corrected chi connectivity index (χ0v) is 20.7. The number of halogens is 1. The zero-order valence-electron chi connectivity index (χ0n) is 18.3. The van der Waals surface area contributed by atoms with Crippen molar-refractivity contribution in [1.29, 1.82) is 0 Å². The number of rotatable bonds is 5. The standard InChI is InChI=1S/C28H20ClNO2S2/c1-18-5-4-7-22(15-18)30-27(31)26(34-28(30)33)16-24-23-8-3-2-6-20(23)11-14-25(24)32-17-19-9-12-21(29)13-10-19/h2-16H,17H2,1H3/b26-16-. The number of hydrogen-bond acceptors (Lipinski definition) is 4. The monoisotopic (exact) mass is 501 g/mol. The lowest BCUT2D eigenvalue weighted by Gasteiger charge is -2.15. The molecule has 1 saturated heterocycles. The Morgan fingerprint density at radius 2 is 1.79 bits per heavy atom. The smallest absolute Gasteiger partial charge is 0.270 e. The third-order valence-corrected chi connectivity index (χ3v) is 7.12. The van der Waals surface area contributed by atoms with Gasteiger partial charge in [-0.1, -0.05) is 90.2 Å². The van der Waals surface area contributed by atoms with Gasteiger partial charge in [0.15, 0.2) is 4.32 Å². The number of anilines is 1. The number of benzene rings is 4. The lowest BCUT2D eigenvalue weighted by atomic mass is 10.0. The number of carbonyl (C=O) groups is 1. The fraction of sp³-hybridized carbons (Fsp3) is 0.0714. The molecule has 34 heavy (non-hydrogen) atoms. The Hall–Kier alpha value is -3.12. The van der Waals surface area contributed by atoms with Gasteiger partial charge < -0.3 is 4.74 Å². The molecule has 3 nitrogen and oxygen atoms in total. The van der Waals surface area contributed by atoms with E-state index < -0.39 is 0 Å². The van der Waals surface area contributed by atoms with Gasteiger partial charge in [-0.2, -0.15) is 0 Å². The van der Waals surface area contributed by atoms with Crippen LogP contribution in [-0.2, 0) is 11.4 Å². The van der Waals surface area contributed by atoms with Crippen molar-refractivity contribution >= 4 is 68.3 Å². The number of carbonyl (C=O) groups excluding carboxylic acids is 1. The van der Waals surface area contributed by atoms with Crippen molar-refractivity contribution in [1.82, 2.24) is 0 Å². The molecule has 0 radical (unpaired) electrons.